The molecule has 0 amide bonds. The Labute approximate surface area is 358 Å². The van der Waals surface area contributed by atoms with Crippen LogP contribution in [0.5, 0.6) is 0 Å². The zero-order chi connectivity index (χ0) is 42.1. The second kappa shape index (κ2) is 48.4. The van der Waals surface area contributed by atoms with E-state index < -0.39 is 6.10 Å². The predicted molar refractivity (Wildman–Crippen MR) is 251 cm³/mol. The maximum absolute atomic E-state index is 12.2. The van der Waals surface area contributed by atoms with Gasteiger partial charge in [0, 0.05) is 12.8 Å². The first kappa shape index (κ1) is 55.1. The summed E-state index contributed by atoms with van der Waals surface area (Å²) in [6.07, 6.45) is 66.8. The third kappa shape index (κ3) is 45.8. The second-order valence-electron chi connectivity index (χ2n) is 15.8. The second-order valence-corrected chi connectivity index (χ2v) is 15.8. The van der Waals surface area contributed by atoms with Gasteiger partial charge in [0.25, 0.3) is 0 Å². The van der Waals surface area contributed by atoms with Crippen LogP contribution in [0.15, 0.2) is 85.1 Å². The Balaban J connectivity index is 3.50. The molecule has 58 heavy (non-hydrogen) atoms. The van der Waals surface area contributed by atoms with Crippen molar-refractivity contribution in [3.05, 3.63) is 85.1 Å². The number of hydrogen-bond donors (Lipinski definition) is 1. The van der Waals surface area contributed by atoms with Crippen LogP contribution in [-0.2, 0) is 19.1 Å². The number of esters is 2. The van der Waals surface area contributed by atoms with Gasteiger partial charge in [-0.1, -0.05) is 208 Å². The number of unbranched alkanes of at least 4 members (excludes halogenated alkanes) is 21. The van der Waals surface area contributed by atoms with E-state index in [0.29, 0.717) is 12.8 Å². The third-order valence-electron chi connectivity index (χ3n) is 10.2. The minimum atomic E-state index is -0.777. The fraction of sp³-hybridized carbons (Fsp3) is 0.698. The van der Waals surface area contributed by atoms with Crippen LogP contribution in [0.1, 0.15) is 219 Å². The van der Waals surface area contributed by atoms with Crippen molar-refractivity contribution in [2.45, 2.75) is 225 Å². The quantitative estimate of drug-likeness (QED) is 0.0377. The van der Waals surface area contributed by atoms with Crippen molar-refractivity contribution in [1.82, 2.24) is 0 Å². The fourth-order valence-corrected chi connectivity index (χ4v) is 6.54. The van der Waals surface area contributed by atoms with Gasteiger partial charge in [0.05, 0.1) is 6.61 Å². The van der Waals surface area contributed by atoms with Gasteiger partial charge < -0.3 is 14.6 Å². The number of rotatable bonds is 43. The SMILES string of the molecule is CC/C=C\C/C=C\C/C=C\C/C=C\C/C=C\C/C=C\CCCCCCCCCCCCCCCCC(=O)OC(CO)COC(=O)CCCCCCC/C=C\CCCC. The van der Waals surface area contributed by atoms with Crippen LogP contribution in [0, 0.1) is 0 Å². The van der Waals surface area contributed by atoms with E-state index in [2.05, 4.69) is 98.9 Å². The van der Waals surface area contributed by atoms with E-state index in [1.807, 2.05) is 0 Å². The van der Waals surface area contributed by atoms with Gasteiger partial charge >= 0.3 is 11.9 Å². The molecular weight excluding hydrogens is 717 g/mol. The molecule has 0 fully saturated rings. The molecule has 5 heteroatoms. The number of ether oxygens (including phenoxy) is 2. The molecule has 0 radical (unpaired) electrons. The molecule has 0 heterocycles. The summed E-state index contributed by atoms with van der Waals surface area (Å²) >= 11 is 0. The van der Waals surface area contributed by atoms with Crippen molar-refractivity contribution < 1.29 is 24.2 Å². The highest BCUT2D eigenvalue weighted by molar-refractivity contribution is 5.70. The van der Waals surface area contributed by atoms with Crippen molar-refractivity contribution in [2.24, 2.45) is 0 Å². The maximum atomic E-state index is 12.2. The van der Waals surface area contributed by atoms with Gasteiger partial charge in [-0.2, -0.15) is 0 Å². The van der Waals surface area contributed by atoms with Crippen LogP contribution < -0.4 is 0 Å². The van der Waals surface area contributed by atoms with Crippen molar-refractivity contribution in [1.29, 1.82) is 0 Å². The van der Waals surface area contributed by atoms with E-state index in [9.17, 15) is 14.7 Å². The fourth-order valence-electron chi connectivity index (χ4n) is 6.54. The van der Waals surface area contributed by atoms with Crippen molar-refractivity contribution >= 4 is 11.9 Å². The molecule has 0 rings (SSSR count). The van der Waals surface area contributed by atoms with Gasteiger partial charge in [-0.15, -0.1) is 0 Å². The standard InChI is InChI=1S/C53H90O5/c1-3-5-7-9-11-13-15-16-17-18-19-20-21-22-23-24-25-26-27-28-29-30-31-32-33-34-35-36-38-40-42-44-46-48-53(56)58-51(49-54)50-57-52(55)47-45-43-41-39-37-14-12-10-8-6-4-2/h5,7,10-13,16-17,19-20,22-23,25-26,51,54H,3-4,6,8-9,14-15,18,21,24,27-50H2,1-2H3/b7-5-,12-10-,13-11-,17-16-,20-19-,23-22-,26-25-. The molecule has 1 N–H and O–H groups in total. The summed E-state index contributed by atoms with van der Waals surface area (Å²) in [6, 6.07) is 0. The first-order valence-corrected chi connectivity index (χ1v) is 24.1. The first-order valence-electron chi connectivity index (χ1n) is 24.1. The minimum Gasteiger partial charge on any atom is -0.462 e. The van der Waals surface area contributed by atoms with E-state index >= 15 is 0 Å². The average molecular weight is 807 g/mol. The molecule has 1 atom stereocenters. The molecule has 0 aromatic rings. The van der Waals surface area contributed by atoms with E-state index in [0.717, 1.165) is 83.5 Å². The highest BCUT2D eigenvalue weighted by Gasteiger charge is 2.16. The molecule has 0 aliphatic carbocycles. The van der Waals surface area contributed by atoms with Crippen LogP contribution in [-0.4, -0.2) is 36.4 Å². The number of carbonyl (C=O) groups excluding carboxylic acids is 2. The Morgan fingerprint density at radius 1 is 0.414 bits per heavy atom. The monoisotopic (exact) mass is 807 g/mol. The summed E-state index contributed by atoms with van der Waals surface area (Å²) in [5.74, 6) is -0.604. The van der Waals surface area contributed by atoms with E-state index in [1.54, 1.807) is 0 Å². The van der Waals surface area contributed by atoms with Gasteiger partial charge in [-0.25, -0.2) is 0 Å². The molecule has 0 aromatic heterocycles. The van der Waals surface area contributed by atoms with Crippen molar-refractivity contribution in [3.63, 3.8) is 0 Å². The summed E-state index contributed by atoms with van der Waals surface area (Å²) in [6.45, 7) is 3.97. The molecule has 0 aromatic carbocycles. The molecule has 1 unspecified atom stereocenters. The lowest BCUT2D eigenvalue weighted by molar-refractivity contribution is -0.161. The highest BCUT2D eigenvalue weighted by atomic mass is 16.6. The number of allylic oxidation sites excluding steroid dienone is 14. The molecule has 0 saturated heterocycles. The van der Waals surface area contributed by atoms with Gasteiger partial charge in [0.15, 0.2) is 6.10 Å². The molecule has 332 valence electrons. The van der Waals surface area contributed by atoms with Crippen LogP contribution in [0.3, 0.4) is 0 Å². The maximum Gasteiger partial charge on any atom is 0.306 e. The Morgan fingerprint density at radius 2 is 0.741 bits per heavy atom. The highest BCUT2D eigenvalue weighted by Crippen LogP contribution is 2.15. The van der Waals surface area contributed by atoms with Crippen LogP contribution in [0.4, 0.5) is 0 Å². The van der Waals surface area contributed by atoms with Crippen LogP contribution >= 0.6 is 0 Å². The van der Waals surface area contributed by atoms with Gasteiger partial charge in [0.2, 0.25) is 0 Å². The average Bonchev–Trinajstić information content (AvgIpc) is 3.23. The lowest BCUT2D eigenvalue weighted by Gasteiger charge is -2.15. The Kier molecular flexibility index (Phi) is 46.0. The van der Waals surface area contributed by atoms with Crippen LogP contribution in [0.25, 0.3) is 0 Å². The minimum absolute atomic E-state index is 0.0723. The van der Waals surface area contributed by atoms with E-state index in [1.165, 1.54) is 109 Å². The topological polar surface area (TPSA) is 72.8 Å². The molecule has 0 saturated carbocycles. The number of hydrogen-bond acceptors (Lipinski definition) is 5. The first-order chi connectivity index (χ1) is 28.6. The molecule has 0 spiro atoms. The number of carbonyl (C=O) groups is 2. The van der Waals surface area contributed by atoms with Crippen molar-refractivity contribution in [2.75, 3.05) is 13.2 Å². The lowest BCUT2D eigenvalue weighted by atomic mass is 10.0. The Hall–Kier alpha value is -2.92. The summed E-state index contributed by atoms with van der Waals surface area (Å²) in [5.41, 5.74) is 0. The predicted octanol–water partition coefficient (Wildman–Crippen LogP) is 15.9. The molecule has 0 aliphatic heterocycles. The normalized spacial score (nSPS) is 12.9. The van der Waals surface area contributed by atoms with E-state index in [-0.39, 0.29) is 25.2 Å². The van der Waals surface area contributed by atoms with Gasteiger partial charge in [0.1, 0.15) is 6.61 Å². The number of aliphatic hydroxyl groups is 1. The summed E-state index contributed by atoms with van der Waals surface area (Å²) in [4.78, 5) is 24.3. The van der Waals surface area contributed by atoms with Crippen molar-refractivity contribution in [3.8, 4) is 0 Å². The molecule has 0 bridgehead atoms. The van der Waals surface area contributed by atoms with Crippen LogP contribution in [0.2, 0.25) is 0 Å². The van der Waals surface area contributed by atoms with E-state index in [4.69, 9.17) is 9.47 Å². The zero-order valence-corrected chi connectivity index (χ0v) is 37.8. The van der Waals surface area contributed by atoms with Gasteiger partial charge in [-0.05, 0) is 83.5 Å². The Morgan fingerprint density at radius 3 is 1.14 bits per heavy atom. The largest absolute Gasteiger partial charge is 0.462 e. The summed E-state index contributed by atoms with van der Waals surface area (Å²) < 4.78 is 10.6. The summed E-state index contributed by atoms with van der Waals surface area (Å²) in [5, 5.41) is 9.58. The summed E-state index contributed by atoms with van der Waals surface area (Å²) in [7, 11) is 0. The zero-order valence-electron chi connectivity index (χ0n) is 37.8. The smallest absolute Gasteiger partial charge is 0.306 e. The molecule has 0 aliphatic rings. The molecular formula is C53H90O5. The van der Waals surface area contributed by atoms with Gasteiger partial charge in [-0.3, -0.25) is 9.59 Å². The number of aliphatic hydroxyl groups excluding tert-OH is 1. The third-order valence-corrected chi connectivity index (χ3v) is 10.2. The molecule has 5 nitrogen and oxygen atoms in total. The lowest BCUT2D eigenvalue weighted by Crippen LogP contribution is -2.28. The Bertz CT molecular complexity index is 1090.